The summed E-state index contributed by atoms with van der Waals surface area (Å²) in [4.78, 5) is 0. The zero-order valence-electron chi connectivity index (χ0n) is 12.2. The summed E-state index contributed by atoms with van der Waals surface area (Å²) in [6, 6.07) is 8.90. The Balaban J connectivity index is 1.76. The molecule has 0 saturated heterocycles. The molecule has 0 amide bonds. The summed E-state index contributed by atoms with van der Waals surface area (Å²) in [7, 11) is 0. The number of hydrogen-bond acceptors (Lipinski definition) is 2. The summed E-state index contributed by atoms with van der Waals surface area (Å²) in [6.07, 6.45) is 14.8. The summed E-state index contributed by atoms with van der Waals surface area (Å²) in [5, 5.41) is 3.70. The van der Waals surface area contributed by atoms with E-state index in [-0.39, 0.29) is 0 Å². The monoisotopic (exact) mass is 271 g/mol. The maximum Gasteiger partial charge on any atom is 0.148 e. The quantitative estimate of drug-likeness (QED) is 0.820. The normalized spacial score (nSPS) is 16.9. The minimum absolute atomic E-state index is 0.333. The fourth-order valence-corrected chi connectivity index (χ4v) is 2.75. The lowest BCUT2D eigenvalue weighted by molar-refractivity contribution is 0.370. The molecule has 0 aliphatic heterocycles. The van der Waals surface area contributed by atoms with E-state index in [1.54, 1.807) is 0 Å². The molecule has 0 spiro atoms. The number of ether oxygens (including phenoxy) is 1. The lowest BCUT2D eigenvalue weighted by atomic mass is 9.96. The van der Waals surface area contributed by atoms with E-state index in [1.807, 2.05) is 12.1 Å². The van der Waals surface area contributed by atoms with Gasteiger partial charge in [0.25, 0.3) is 0 Å². The van der Waals surface area contributed by atoms with Crippen molar-refractivity contribution in [2.24, 2.45) is 0 Å². The second kappa shape index (κ2) is 8.66. The minimum Gasteiger partial charge on any atom is -0.481 e. The Labute approximate surface area is 122 Å². The summed E-state index contributed by atoms with van der Waals surface area (Å²) in [5.74, 6) is 3.32. The minimum atomic E-state index is 0.333. The molecule has 0 unspecified atom stereocenters. The molecular formula is C18H25NO. The van der Waals surface area contributed by atoms with Gasteiger partial charge >= 0.3 is 0 Å². The van der Waals surface area contributed by atoms with E-state index >= 15 is 0 Å². The van der Waals surface area contributed by atoms with Crippen molar-refractivity contribution in [3.63, 3.8) is 0 Å². The highest BCUT2D eigenvalue weighted by Gasteiger charge is 2.10. The molecule has 1 saturated carbocycles. The van der Waals surface area contributed by atoms with Crippen LogP contribution in [0.25, 0.3) is 0 Å². The Hall–Kier alpha value is -1.46. The molecular weight excluding hydrogens is 246 g/mol. The highest BCUT2D eigenvalue weighted by atomic mass is 16.5. The molecule has 0 bridgehead atoms. The first-order valence-electron chi connectivity index (χ1n) is 7.77. The Morgan fingerprint density at radius 3 is 2.35 bits per heavy atom. The van der Waals surface area contributed by atoms with Crippen LogP contribution in [0.3, 0.4) is 0 Å². The van der Waals surface area contributed by atoms with Crippen LogP contribution < -0.4 is 10.1 Å². The molecule has 1 fully saturated rings. The van der Waals surface area contributed by atoms with Gasteiger partial charge in [0.05, 0.1) is 0 Å². The third-order valence-corrected chi connectivity index (χ3v) is 3.95. The SMILES string of the molecule is C#CCOc1ccc(CNC2CCCCCCC2)cc1. The average molecular weight is 271 g/mol. The van der Waals surface area contributed by atoms with Crippen LogP contribution in [0.1, 0.15) is 50.5 Å². The number of nitrogens with one attached hydrogen (secondary N) is 1. The van der Waals surface area contributed by atoms with Gasteiger partial charge in [-0.3, -0.25) is 0 Å². The molecule has 2 rings (SSSR count). The predicted molar refractivity (Wildman–Crippen MR) is 83.7 cm³/mol. The number of hydrogen-bond donors (Lipinski definition) is 1. The van der Waals surface area contributed by atoms with E-state index in [0.717, 1.165) is 12.3 Å². The van der Waals surface area contributed by atoms with Crippen molar-refractivity contribution in [1.29, 1.82) is 0 Å². The van der Waals surface area contributed by atoms with E-state index in [0.29, 0.717) is 12.6 Å². The molecule has 1 aliphatic rings. The topological polar surface area (TPSA) is 21.3 Å². The third-order valence-electron chi connectivity index (χ3n) is 3.95. The van der Waals surface area contributed by atoms with E-state index in [4.69, 9.17) is 11.2 Å². The zero-order chi connectivity index (χ0) is 14.0. The van der Waals surface area contributed by atoms with Crippen LogP contribution in [0.2, 0.25) is 0 Å². The van der Waals surface area contributed by atoms with Gasteiger partial charge in [0.2, 0.25) is 0 Å². The average Bonchev–Trinajstić information content (AvgIpc) is 2.45. The van der Waals surface area contributed by atoms with Gasteiger partial charge in [-0.25, -0.2) is 0 Å². The van der Waals surface area contributed by atoms with Crippen LogP contribution in [0.4, 0.5) is 0 Å². The molecule has 0 radical (unpaired) electrons. The first-order chi connectivity index (χ1) is 9.88. The number of terminal acetylenes is 1. The van der Waals surface area contributed by atoms with Crippen molar-refractivity contribution >= 4 is 0 Å². The summed E-state index contributed by atoms with van der Waals surface area (Å²) in [6.45, 7) is 1.28. The summed E-state index contributed by atoms with van der Waals surface area (Å²) < 4.78 is 5.38. The van der Waals surface area contributed by atoms with Crippen molar-refractivity contribution in [3.8, 4) is 18.1 Å². The van der Waals surface area contributed by atoms with Gasteiger partial charge in [0, 0.05) is 12.6 Å². The van der Waals surface area contributed by atoms with E-state index in [9.17, 15) is 0 Å². The number of rotatable bonds is 5. The Morgan fingerprint density at radius 2 is 1.70 bits per heavy atom. The lowest BCUT2D eigenvalue weighted by Gasteiger charge is -2.21. The molecule has 1 aromatic rings. The third kappa shape index (κ3) is 5.27. The van der Waals surface area contributed by atoms with Crippen LogP contribution in [0, 0.1) is 12.3 Å². The van der Waals surface area contributed by atoms with Crippen molar-refractivity contribution in [2.75, 3.05) is 6.61 Å². The Kier molecular flexibility index (Phi) is 6.47. The van der Waals surface area contributed by atoms with Crippen LogP contribution in [0.5, 0.6) is 5.75 Å². The number of benzene rings is 1. The Morgan fingerprint density at radius 1 is 1.05 bits per heavy atom. The smallest absolute Gasteiger partial charge is 0.148 e. The molecule has 0 atom stereocenters. The first kappa shape index (κ1) is 14.9. The van der Waals surface area contributed by atoms with Gasteiger partial charge in [-0.1, -0.05) is 50.2 Å². The largest absolute Gasteiger partial charge is 0.481 e. The van der Waals surface area contributed by atoms with Crippen molar-refractivity contribution in [3.05, 3.63) is 29.8 Å². The van der Waals surface area contributed by atoms with Crippen molar-refractivity contribution in [1.82, 2.24) is 5.32 Å². The maximum absolute atomic E-state index is 5.38. The fourth-order valence-electron chi connectivity index (χ4n) is 2.75. The Bertz CT molecular complexity index is 410. The van der Waals surface area contributed by atoms with E-state index < -0.39 is 0 Å². The first-order valence-corrected chi connectivity index (χ1v) is 7.77. The maximum atomic E-state index is 5.38. The molecule has 1 N–H and O–H groups in total. The molecule has 0 heterocycles. The molecule has 1 aliphatic carbocycles. The highest BCUT2D eigenvalue weighted by Crippen LogP contribution is 2.18. The van der Waals surface area contributed by atoms with Crippen molar-refractivity contribution < 1.29 is 4.74 Å². The van der Waals surface area contributed by atoms with Crippen LogP contribution >= 0.6 is 0 Å². The lowest BCUT2D eigenvalue weighted by Crippen LogP contribution is -2.29. The van der Waals surface area contributed by atoms with Crippen LogP contribution in [-0.2, 0) is 6.54 Å². The van der Waals surface area contributed by atoms with Gasteiger partial charge < -0.3 is 10.1 Å². The second-order valence-electron chi connectivity index (χ2n) is 5.56. The zero-order valence-corrected chi connectivity index (χ0v) is 12.2. The van der Waals surface area contributed by atoms with Gasteiger partial charge in [-0.15, -0.1) is 6.42 Å². The van der Waals surface area contributed by atoms with Gasteiger partial charge in [-0.05, 0) is 30.5 Å². The molecule has 2 heteroatoms. The predicted octanol–water partition coefficient (Wildman–Crippen LogP) is 3.90. The summed E-state index contributed by atoms with van der Waals surface area (Å²) in [5.41, 5.74) is 1.31. The standard InChI is InChI=1S/C18H25NO/c1-2-14-20-18-12-10-16(11-13-18)15-19-17-8-6-4-3-5-7-9-17/h1,10-13,17,19H,3-9,14-15H2. The van der Waals surface area contributed by atoms with Crippen molar-refractivity contribution in [2.45, 2.75) is 57.5 Å². The molecule has 0 aromatic heterocycles. The van der Waals surface area contributed by atoms with Gasteiger partial charge in [-0.2, -0.15) is 0 Å². The van der Waals surface area contributed by atoms with Crippen LogP contribution in [0.15, 0.2) is 24.3 Å². The molecule has 2 nitrogen and oxygen atoms in total. The second-order valence-corrected chi connectivity index (χ2v) is 5.56. The van der Waals surface area contributed by atoms with E-state index in [1.165, 1.54) is 50.5 Å². The molecule has 108 valence electrons. The van der Waals surface area contributed by atoms with E-state index in [2.05, 4.69) is 23.4 Å². The molecule has 20 heavy (non-hydrogen) atoms. The summed E-state index contributed by atoms with van der Waals surface area (Å²) >= 11 is 0. The van der Waals surface area contributed by atoms with Gasteiger partial charge in [0.15, 0.2) is 0 Å². The molecule has 1 aromatic carbocycles. The van der Waals surface area contributed by atoms with Crippen LogP contribution in [-0.4, -0.2) is 12.6 Å². The van der Waals surface area contributed by atoms with Gasteiger partial charge in [0.1, 0.15) is 12.4 Å². The fraction of sp³-hybridized carbons (Fsp3) is 0.556. The highest BCUT2D eigenvalue weighted by molar-refractivity contribution is 5.27.